The number of alkyl halides is 3. The van der Waals surface area contributed by atoms with Crippen molar-refractivity contribution < 1.29 is 13.2 Å². The highest BCUT2D eigenvalue weighted by Crippen LogP contribution is 2.32. The van der Waals surface area contributed by atoms with Gasteiger partial charge in [0.25, 0.3) is 0 Å². The first-order chi connectivity index (χ1) is 11.5. The van der Waals surface area contributed by atoms with Crippen LogP contribution in [0.5, 0.6) is 0 Å². The zero-order chi connectivity index (χ0) is 17.3. The number of hydrogen-bond donors (Lipinski definition) is 0. The minimum absolute atomic E-state index is 0.0890. The van der Waals surface area contributed by atoms with Gasteiger partial charge in [0.1, 0.15) is 11.6 Å². The molecule has 0 aliphatic carbocycles. The van der Waals surface area contributed by atoms with Crippen LogP contribution in [0.15, 0.2) is 36.5 Å². The predicted molar refractivity (Wildman–Crippen MR) is 77.5 cm³/mol. The van der Waals surface area contributed by atoms with Gasteiger partial charge in [0.15, 0.2) is 5.65 Å². The number of fused-ring (bicyclic) bond motifs is 1. The first kappa shape index (κ1) is 15.5. The van der Waals surface area contributed by atoms with Crippen LogP contribution in [-0.4, -0.2) is 14.6 Å². The molecule has 2 heterocycles. The number of benzene rings is 1. The van der Waals surface area contributed by atoms with Gasteiger partial charge < -0.3 is 0 Å². The highest BCUT2D eigenvalue weighted by Gasteiger charge is 2.30. The fourth-order valence-corrected chi connectivity index (χ4v) is 2.38. The van der Waals surface area contributed by atoms with Gasteiger partial charge in [0.2, 0.25) is 0 Å². The maximum atomic E-state index is 12.9. The molecular formula is C16H8F3N5. The van der Waals surface area contributed by atoms with Gasteiger partial charge >= 0.3 is 6.18 Å². The monoisotopic (exact) mass is 327 g/mol. The van der Waals surface area contributed by atoms with Crippen LogP contribution in [0.25, 0.3) is 16.9 Å². The van der Waals surface area contributed by atoms with Crippen molar-refractivity contribution in [3.63, 3.8) is 0 Å². The molecule has 0 bridgehead atoms. The van der Waals surface area contributed by atoms with Crippen LogP contribution in [0.2, 0.25) is 0 Å². The van der Waals surface area contributed by atoms with Gasteiger partial charge in [-0.15, -0.1) is 0 Å². The Kier molecular flexibility index (Phi) is 3.66. The highest BCUT2D eigenvalue weighted by molar-refractivity contribution is 5.67. The number of nitriles is 2. The van der Waals surface area contributed by atoms with E-state index < -0.39 is 11.7 Å². The van der Waals surface area contributed by atoms with Gasteiger partial charge in [0.05, 0.1) is 29.4 Å². The molecule has 8 heteroatoms. The summed E-state index contributed by atoms with van der Waals surface area (Å²) in [5.74, 6) is 0. The average molecular weight is 327 g/mol. The molecule has 1 aromatic carbocycles. The molecule has 0 spiro atoms. The summed E-state index contributed by atoms with van der Waals surface area (Å²) in [6.07, 6.45) is -3.16. The minimum Gasteiger partial charge on any atom is -0.236 e. The molecule has 0 unspecified atom stereocenters. The van der Waals surface area contributed by atoms with Crippen LogP contribution in [0.4, 0.5) is 13.2 Å². The summed E-state index contributed by atoms with van der Waals surface area (Å²) in [7, 11) is 0. The lowest BCUT2D eigenvalue weighted by atomic mass is 10.1. The summed E-state index contributed by atoms with van der Waals surface area (Å²) in [6, 6.07) is 10.2. The highest BCUT2D eigenvalue weighted by atomic mass is 19.4. The number of rotatable bonds is 2. The van der Waals surface area contributed by atoms with Crippen LogP contribution in [0.1, 0.15) is 16.8 Å². The van der Waals surface area contributed by atoms with Crippen molar-refractivity contribution in [2.45, 2.75) is 12.6 Å². The second kappa shape index (κ2) is 5.67. The maximum absolute atomic E-state index is 12.9. The molecule has 0 amide bonds. The van der Waals surface area contributed by atoms with Gasteiger partial charge in [-0.25, -0.2) is 9.50 Å². The lowest BCUT2D eigenvalue weighted by Crippen LogP contribution is -2.05. The van der Waals surface area contributed by atoms with Crippen LogP contribution >= 0.6 is 0 Å². The standard InChI is InChI=1S/C16H8F3N5/c17-16(18,19)11-3-1-2-10(8-11)14-5-7-22-15-12(9-21)13(4-6-20)23-24(14)15/h1-3,5,7-8H,4H2. The van der Waals surface area contributed by atoms with E-state index in [1.54, 1.807) is 0 Å². The molecule has 0 atom stereocenters. The van der Waals surface area contributed by atoms with E-state index in [1.165, 1.54) is 28.9 Å². The number of halogens is 3. The predicted octanol–water partition coefficient (Wildman–Crippen LogP) is 3.35. The molecule has 0 saturated heterocycles. The normalized spacial score (nSPS) is 11.2. The largest absolute Gasteiger partial charge is 0.416 e. The van der Waals surface area contributed by atoms with E-state index in [4.69, 9.17) is 5.26 Å². The van der Waals surface area contributed by atoms with Crippen molar-refractivity contribution in [3.8, 4) is 23.4 Å². The molecule has 0 N–H and O–H groups in total. The van der Waals surface area contributed by atoms with Crippen LogP contribution in [0, 0.1) is 22.7 Å². The Labute approximate surface area is 134 Å². The molecule has 0 radical (unpaired) electrons. The lowest BCUT2D eigenvalue weighted by Gasteiger charge is -2.09. The third-order valence-electron chi connectivity index (χ3n) is 3.43. The van der Waals surface area contributed by atoms with Crippen molar-refractivity contribution in [1.82, 2.24) is 14.6 Å². The molecule has 3 rings (SSSR count). The quantitative estimate of drug-likeness (QED) is 0.723. The summed E-state index contributed by atoms with van der Waals surface area (Å²) >= 11 is 0. The summed E-state index contributed by atoms with van der Waals surface area (Å²) in [5, 5.41) is 22.2. The van der Waals surface area contributed by atoms with E-state index in [2.05, 4.69) is 10.1 Å². The third-order valence-corrected chi connectivity index (χ3v) is 3.43. The van der Waals surface area contributed by atoms with Crippen molar-refractivity contribution in [3.05, 3.63) is 53.3 Å². The number of aromatic nitrogens is 3. The van der Waals surface area contributed by atoms with Crippen molar-refractivity contribution >= 4 is 5.65 Å². The van der Waals surface area contributed by atoms with Crippen molar-refractivity contribution in [2.24, 2.45) is 0 Å². The van der Waals surface area contributed by atoms with Crippen LogP contribution < -0.4 is 0 Å². The molecule has 118 valence electrons. The second-order valence-corrected chi connectivity index (χ2v) is 4.91. The molecule has 0 saturated carbocycles. The Bertz CT molecular complexity index is 1010. The van der Waals surface area contributed by atoms with E-state index in [9.17, 15) is 18.4 Å². The Morgan fingerprint density at radius 2 is 1.96 bits per heavy atom. The molecule has 0 fully saturated rings. The molecule has 24 heavy (non-hydrogen) atoms. The van der Waals surface area contributed by atoms with E-state index in [0.717, 1.165) is 12.1 Å². The second-order valence-electron chi connectivity index (χ2n) is 4.91. The summed E-state index contributed by atoms with van der Waals surface area (Å²) in [6.45, 7) is 0. The molecule has 0 aliphatic heterocycles. The van der Waals surface area contributed by atoms with Gasteiger partial charge in [0, 0.05) is 11.8 Å². The molecule has 3 aromatic rings. The topological polar surface area (TPSA) is 77.8 Å². The molecular weight excluding hydrogens is 319 g/mol. The Hall–Kier alpha value is -3.39. The Morgan fingerprint density at radius 3 is 2.62 bits per heavy atom. The Balaban J connectivity index is 2.25. The molecule has 2 aromatic heterocycles. The van der Waals surface area contributed by atoms with Gasteiger partial charge in [-0.3, -0.25) is 0 Å². The van der Waals surface area contributed by atoms with Gasteiger partial charge in [-0.05, 0) is 18.2 Å². The Morgan fingerprint density at radius 1 is 1.17 bits per heavy atom. The molecule has 0 aliphatic rings. The minimum atomic E-state index is -4.46. The number of nitrogens with zero attached hydrogens (tertiary/aromatic N) is 5. The van der Waals surface area contributed by atoms with Crippen LogP contribution in [0.3, 0.4) is 0 Å². The van der Waals surface area contributed by atoms with Gasteiger partial charge in [-0.1, -0.05) is 12.1 Å². The number of hydrogen-bond acceptors (Lipinski definition) is 4. The fraction of sp³-hybridized carbons (Fsp3) is 0.125. The summed E-state index contributed by atoms with van der Waals surface area (Å²) in [4.78, 5) is 4.06. The third kappa shape index (κ3) is 2.55. The zero-order valence-electron chi connectivity index (χ0n) is 12.0. The smallest absolute Gasteiger partial charge is 0.236 e. The van der Waals surface area contributed by atoms with E-state index in [1.807, 2.05) is 12.1 Å². The first-order valence-corrected chi connectivity index (χ1v) is 6.77. The fourth-order valence-electron chi connectivity index (χ4n) is 2.38. The summed E-state index contributed by atoms with van der Waals surface area (Å²) < 4.78 is 40.0. The van der Waals surface area contributed by atoms with E-state index in [-0.39, 0.29) is 28.9 Å². The first-order valence-electron chi connectivity index (χ1n) is 6.77. The maximum Gasteiger partial charge on any atom is 0.416 e. The van der Waals surface area contributed by atoms with E-state index >= 15 is 0 Å². The van der Waals surface area contributed by atoms with Crippen LogP contribution in [-0.2, 0) is 12.6 Å². The zero-order valence-corrected chi connectivity index (χ0v) is 12.0. The molecule has 5 nitrogen and oxygen atoms in total. The van der Waals surface area contributed by atoms with Crippen molar-refractivity contribution in [1.29, 1.82) is 10.5 Å². The van der Waals surface area contributed by atoms with Gasteiger partial charge in [-0.2, -0.15) is 28.8 Å². The SMILES string of the molecule is N#CCc1nn2c(-c3cccc(C(F)(F)F)c3)ccnc2c1C#N. The summed E-state index contributed by atoms with van der Waals surface area (Å²) in [5.41, 5.74) is 0.448. The lowest BCUT2D eigenvalue weighted by molar-refractivity contribution is -0.137. The average Bonchev–Trinajstić information content (AvgIpc) is 2.91. The van der Waals surface area contributed by atoms with Crippen molar-refractivity contribution in [2.75, 3.05) is 0 Å². The van der Waals surface area contributed by atoms with E-state index in [0.29, 0.717) is 5.69 Å².